The third-order valence-corrected chi connectivity index (χ3v) is 1.57. The molecule has 0 unspecified atom stereocenters. The molecule has 4 heteroatoms. The molecule has 1 atom stereocenters. The number of primary amides is 1. The molecular weight excluding hydrogens is 154 g/mol. The van der Waals surface area contributed by atoms with Crippen LogP contribution in [0.4, 0.5) is 0 Å². The third kappa shape index (κ3) is 2.32. The maximum Gasteiger partial charge on any atom is 0.234 e. The van der Waals surface area contributed by atoms with Gasteiger partial charge in [-0.25, -0.2) is 0 Å². The summed E-state index contributed by atoms with van der Waals surface area (Å²) in [6.07, 6.45) is 3.78. The predicted molar refractivity (Wildman–Crippen MR) is 45.1 cm³/mol. The Morgan fingerprint density at radius 3 is 2.58 bits per heavy atom. The van der Waals surface area contributed by atoms with Crippen LogP contribution in [0.1, 0.15) is 5.56 Å². The smallest absolute Gasteiger partial charge is 0.234 e. The first-order valence-electron chi connectivity index (χ1n) is 3.64. The van der Waals surface area contributed by atoms with Gasteiger partial charge in [-0.1, -0.05) is 0 Å². The standard InChI is InChI=1S/C8H11N3O/c9-7(8(10)12)5-6-1-3-11-4-2-6/h1-4,7H,5,9H2,(H2,10,12)/t7-/m1/s1. The fourth-order valence-electron chi connectivity index (χ4n) is 0.873. The summed E-state index contributed by atoms with van der Waals surface area (Å²) < 4.78 is 0. The van der Waals surface area contributed by atoms with E-state index in [0.717, 1.165) is 5.56 Å². The predicted octanol–water partition coefficient (Wildman–Crippen LogP) is -0.563. The van der Waals surface area contributed by atoms with Crippen molar-refractivity contribution >= 4 is 5.91 Å². The van der Waals surface area contributed by atoms with Crippen LogP contribution >= 0.6 is 0 Å². The van der Waals surface area contributed by atoms with Crippen molar-refractivity contribution in [1.29, 1.82) is 0 Å². The molecule has 0 bridgehead atoms. The molecule has 0 fully saturated rings. The molecule has 0 radical (unpaired) electrons. The Kier molecular flexibility index (Phi) is 2.76. The van der Waals surface area contributed by atoms with E-state index < -0.39 is 11.9 Å². The molecule has 1 rings (SSSR count). The Labute approximate surface area is 70.6 Å². The number of rotatable bonds is 3. The van der Waals surface area contributed by atoms with Crippen LogP contribution in [0.3, 0.4) is 0 Å². The Morgan fingerprint density at radius 2 is 2.08 bits per heavy atom. The van der Waals surface area contributed by atoms with E-state index in [4.69, 9.17) is 11.5 Å². The average molecular weight is 165 g/mol. The lowest BCUT2D eigenvalue weighted by molar-refractivity contribution is -0.119. The Bertz CT molecular complexity index is 260. The van der Waals surface area contributed by atoms with Crippen molar-refractivity contribution in [2.24, 2.45) is 11.5 Å². The summed E-state index contributed by atoms with van der Waals surface area (Å²) in [5, 5.41) is 0. The molecule has 0 aromatic carbocycles. The first kappa shape index (κ1) is 8.67. The molecule has 0 saturated heterocycles. The molecule has 0 spiro atoms. The molecule has 4 N–H and O–H groups in total. The monoisotopic (exact) mass is 165 g/mol. The number of carbonyl (C=O) groups is 1. The van der Waals surface area contributed by atoms with Gasteiger partial charge in [0.1, 0.15) is 0 Å². The van der Waals surface area contributed by atoms with Crippen molar-refractivity contribution in [3.05, 3.63) is 30.1 Å². The van der Waals surface area contributed by atoms with E-state index >= 15 is 0 Å². The molecule has 1 amide bonds. The van der Waals surface area contributed by atoms with Crippen molar-refractivity contribution in [3.63, 3.8) is 0 Å². The van der Waals surface area contributed by atoms with Crippen molar-refractivity contribution in [2.75, 3.05) is 0 Å². The van der Waals surface area contributed by atoms with Gasteiger partial charge in [0.2, 0.25) is 5.91 Å². The van der Waals surface area contributed by atoms with Gasteiger partial charge in [0.05, 0.1) is 6.04 Å². The highest BCUT2D eigenvalue weighted by Crippen LogP contribution is 1.99. The summed E-state index contributed by atoms with van der Waals surface area (Å²) in [5.74, 6) is -0.480. The molecule has 1 heterocycles. The second-order valence-corrected chi connectivity index (χ2v) is 2.57. The molecule has 0 aliphatic carbocycles. The van der Waals surface area contributed by atoms with Gasteiger partial charge in [-0.3, -0.25) is 9.78 Å². The first-order chi connectivity index (χ1) is 5.70. The molecule has 1 aromatic heterocycles. The summed E-state index contributed by atoms with van der Waals surface area (Å²) in [4.78, 5) is 14.4. The van der Waals surface area contributed by atoms with Gasteiger partial charge in [-0.2, -0.15) is 0 Å². The first-order valence-corrected chi connectivity index (χ1v) is 3.64. The Morgan fingerprint density at radius 1 is 1.50 bits per heavy atom. The number of hydrogen-bond donors (Lipinski definition) is 2. The highest BCUT2D eigenvalue weighted by atomic mass is 16.1. The maximum atomic E-state index is 10.6. The van der Waals surface area contributed by atoms with Crippen LogP contribution in [-0.2, 0) is 11.2 Å². The summed E-state index contributed by atoms with van der Waals surface area (Å²) in [5.41, 5.74) is 11.4. The van der Waals surface area contributed by atoms with Gasteiger partial charge < -0.3 is 11.5 Å². The number of carbonyl (C=O) groups excluding carboxylic acids is 1. The largest absolute Gasteiger partial charge is 0.368 e. The molecule has 1 aromatic rings. The molecule has 12 heavy (non-hydrogen) atoms. The molecule has 4 nitrogen and oxygen atoms in total. The van der Waals surface area contributed by atoms with Crippen molar-refractivity contribution < 1.29 is 4.79 Å². The summed E-state index contributed by atoms with van der Waals surface area (Å²) in [6.45, 7) is 0. The number of nitrogens with zero attached hydrogens (tertiary/aromatic N) is 1. The summed E-state index contributed by atoms with van der Waals surface area (Å²) >= 11 is 0. The fraction of sp³-hybridized carbons (Fsp3) is 0.250. The highest BCUT2D eigenvalue weighted by Gasteiger charge is 2.08. The van der Waals surface area contributed by atoms with E-state index in [1.807, 2.05) is 12.1 Å². The minimum absolute atomic E-state index is 0.470. The number of aromatic nitrogens is 1. The Balaban J connectivity index is 2.58. The normalized spacial score (nSPS) is 12.4. The van der Waals surface area contributed by atoms with E-state index in [2.05, 4.69) is 4.98 Å². The van der Waals surface area contributed by atoms with Crippen LogP contribution in [-0.4, -0.2) is 16.9 Å². The lowest BCUT2D eigenvalue weighted by Crippen LogP contribution is -2.38. The van der Waals surface area contributed by atoms with Crippen LogP contribution in [0.25, 0.3) is 0 Å². The van der Waals surface area contributed by atoms with E-state index in [1.54, 1.807) is 12.4 Å². The highest BCUT2D eigenvalue weighted by molar-refractivity contribution is 5.79. The molecule has 64 valence electrons. The van der Waals surface area contributed by atoms with Crippen LogP contribution in [0, 0.1) is 0 Å². The Hall–Kier alpha value is -1.42. The van der Waals surface area contributed by atoms with E-state index in [9.17, 15) is 4.79 Å². The number of pyridine rings is 1. The lowest BCUT2D eigenvalue weighted by Gasteiger charge is -2.05. The van der Waals surface area contributed by atoms with E-state index in [0.29, 0.717) is 6.42 Å². The van der Waals surface area contributed by atoms with E-state index in [-0.39, 0.29) is 0 Å². The molecule has 0 aliphatic rings. The van der Waals surface area contributed by atoms with Crippen molar-refractivity contribution in [1.82, 2.24) is 4.98 Å². The second kappa shape index (κ2) is 3.82. The van der Waals surface area contributed by atoms with Gasteiger partial charge in [-0.05, 0) is 24.1 Å². The van der Waals surface area contributed by atoms with Gasteiger partial charge in [0, 0.05) is 12.4 Å². The molecule has 0 aliphatic heterocycles. The number of hydrogen-bond acceptors (Lipinski definition) is 3. The minimum Gasteiger partial charge on any atom is -0.368 e. The second-order valence-electron chi connectivity index (χ2n) is 2.57. The third-order valence-electron chi connectivity index (χ3n) is 1.57. The van der Waals surface area contributed by atoms with Crippen molar-refractivity contribution in [2.45, 2.75) is 12.5 Å². The zero-order chi connectivity index (χ0) is 8.97. The van der Waals surface area contributed by atoms with Crippen LogP contribution in [0.15, 0.2) is 24.5 Å². The number of amides is 1. The minimum atomic E-state index is -0.604. The zero-order valence-corrected chi connectivity index (χ0v) is 6.60. The van der Waals surface area contributed by atoms with Crippen LogP contribution < -0.4 is 11.5 Å². The van der Waals surface area contributed by atoms with E-state index in [1.165, 1.54) is 0 Å². The topological polar surface area (TPSA) is 82.0 Å². The molecule has 0 saturated carbocycles. The van der Waals surface area contributed by atoms with Crippen molar-refractivity contribution in [3.8, 4) is 0 Å². The SMILES string of the molecule is NC(=O)[C@H](N)Cc1ccncc1. The van der Waals surface area contributed by atoms with Gasteiger partial charge in [0.15, 0.2) is 0 Å². The summed E-state index contributed by atoms with van der Waals surface area (Å²) in [7, 11) is 0. The quantitative estimate of drug-likeness (QED) is 0.629. The van der Waals surface area contributed by atoms with Crippen LogP contribution in [0.5, 0.6) is 0 Å². The van der Waals surface area contributed by atoms with Gasteiger partial charge in [0.25, 0.3) is 0 Å². The summed E-state index contributed by atoms with van der Waals surface area (Å²) in [6, 6.07) is 3.01. The maximum absolute atomic E-state index is 10.6. The van der Waals surface area contributed by atoms with Gasteiger partial charge in [-0.15, -0.1) is 0 Å². The zero-order valence-electron chi connectivity index (χ0n) is 6.60. The number of nitrogens with two attached hydrogens (primary N) is 2. The molecular formula is C8H11N3O. The lowest BCUT2D eigenvalue weighted by atomic mass is 10.1. The van der Waals surface area contributed by atoms with Crippen LogP contribution in [0.2, 0.25) is 0 Å². The average Bonchev–Trinajstić information content (AvgIpc) is 2.06. The fourth-order valence-corrected chi connectivity index (χ4v) is 0.873. The van der Waals surface area contributed by atoms with Gasteiger partial charge >= 0.3 is 0 Å².